The van der Waals surface area contributed by atoms with Crippen molar-refractivity contribution in [3.8, 4) is 0 Å². The van der Waals surface area contributed by atoms with Gasteiger partial charge in [-0.1, -0.05) is 25.1 Å². The Labute approximate surface area is 167 Å². The topological polar surface area (TPSA) is 72.8 Å². The number of unbranched alkanes of at least 4 members (excludes halogenated alkanes) is 3. The summed E-state index contributed by atoms with van der Waals surface area (Å²) >= 11 is 0. The van der Waals surface area contributed by atoms with Crippen LogP contribution in [0, 0.1) is 0 Å². The van der Waals surface area contributed by atoms with Crippen LogP contribution in [0.2, 0.25) is 0 Å². The molecule has 0 radical (unpaired) electrons. The van der Waals surface area contributed by atoms with Crippen molar-refractivity contribution in [3.05, 3.63) is 47.5 Å². The van der Waals surface area contributed by atoms with E-state index in [1.165, 1.54) is 5.56 Å². The summed E-state index contributed by atoms with van der Waals surface area (Å²) in [5.74, 6) is -0.682. The molecule has 2 rings (SSSR count). The Hall–Kier alpha value is -2.14. The molecule has 28 heavy (non-hydrogen) atoms. The summed E-state index contributed by atoms with van der Waals surface area (Å²) < 4.78 is 11.1. The van der Waals surface area contributed by atoms with Gasteiger partial charge in [-0.3, -0.25) is 0 Å². The maximum atomic E-state index is 11.2. The normalized spacial score (nSPS) is 19.2. The van der Waals surface area contributed by atoms with Crippen molar-refractivity contribution in [3.63, 3.8) is 0 Å². The molecule has 0 aromatic heterocycles. The van der Waals surface area contributed by atoms with Gasteiger partial charge < -0.3 is 14.6 Å². The maximum absolute atomic E-state index is 11.2. The minimum Gasteiger partial charge on any atom is -0.478 e. The summed E-state index contributed by atoms with van der Waals surface area (Å²) in [6.07, 6.45) is 8.66. The van der Waals surface area contributed by atoms with Crippen LogP contribution >= 0.6 is 0 Å². The van der Waals surface area contributed by atoms with Crippen LogP contribution < -0.4 is 0 Å². The minimum absolute atomic E-state index is 0.309. The van der Waals surface area contributed by atoms with E-state index in [1.807, 2.05) is 12.1 Å². The molecule has 5 heteroatoms. The Morgan fingerprint density at radius 2 is 1.61 bits per heavy atom. The van der Waals surface area contributed by atoms with Gasteiger partial charge in [0.1, 0.15) is 0 Å². The third-order valence-electron chi connectivity index (χ3n) is 5.28. The minimum atomic E-state index is -0.878. The van der Waals surface area contributed by atoms with E-state index in [0.29, 0.717) is 29.8 Å². The van der Waals surface area contributed by atoms with Gasteiger partial charge in [0.05, 0.1) is 18.3 Å². The van der Waals surface area contributed by atoms with Gasteiger partial charge in [-0.15, -0.1) is 0 Å². The molecule has 5 nitrogen and oxygen atoms in total. The molecule has 1 saturated carbocycles. The Morgan fingerprint density at radius 3 is 2.18 bits per heavy atom. The fourth-order valence-corrected chi connectivity index (χ4v) is 3.56. The fraction of sp³-hybridized carbons (Fsp3) is 0.565. The summed E-state index contributed by atoms with van der Waals surface area (Å²) in [5, 5.41) is 8.99. The third kappa shape index (κ3) is 7.47. The van der Waals surface area contributed by atoms with Crippen LogP contribution in [0.3, 0.4) is 0 Å². The van der Waals surface area contributed by atoms with Gasteiger partial charge in [0.2, 0.25) is 0 Å². The van der Waals surface area contributed by atoms with Crippen molar-refractivity contribution in [2.45, 2.75) is 70.3 Å². The first-order valence-corrected chi connectivity index (χ1v) is 10.2. The van der Waals surface area contributed by atoms with Crippen LogP contribution in [0.5, 0.6) is 0 Å². The molecule has 1 N–H and O–H groups in total. The van der Waals surface area contributed by atoms with E-state index in [-0.39, 0.29) is 5.97 Å². The van der Waals surface area contributed by atoms with Gasteiger partial charge in [-0.05, 0) is 75.5 Å². The smallest absolute Gasteiger partial charge is 0.335 e. The summed E-state index contributed by atoms with van der Waals surface area (Å²) in [7, 11) is 0. The van der Waals surface area contributed by atoms with Crippen molar-refractivity contribution < 1.29 is 24.2 Å². The lowest BCUT2D eigenvalue weighted by atomic mass is 9.82. The van der Waals surface area contributed by atoms with Gasteiger partial charge in [0.15, 0.2) is 0 Å². The Bertz CT molecular complexity index is 641. The van der Waals surface area contributed by atoms with Gasteiger partial charge >= 0.3 is 11.9 Å². The average Bonchev–Trinajstić information content (AvgIpc) is 2.70. The third-order valence-corrected chi connectivity index (χ3v) is 5.28. The van der Waals surface area contributed by atoms with Gasteiger partial charge in [-0.2, -0.15) is 0 Å². The molecule has 1 fully saturated rings. The van der Waals surface area contributed by atoms with E-state index in [2.05, 4.69) is 6.58 Å². The highest BCUT2D eigenvalue weighted by atomic mass is 16.5. The van der Waals surface area contributed by atoms with E-state index >= 15 is 0 Å². The maximum Gasteiger partial charge on any atom is 0.335 e. The van der Waals surface area contributed by atoms with E-state index in [4.69, 9.17) is 14.6 Å². The highest BCUT2D eigenvalue weighted by molar-refractivity contribution is 5.87. The SMILES string of the molecule is C=C(C)C(=O)OCCCCCCOC1CCC(c2ccc(C(=O)O)cc2)CC1. The quantitative estimate of drug-likeness (QED) is 0.324. The number of esters is 1. The van der Waals surface area contributed by atoms with Crippen LogP contribution in [-0.4, -0.2) is 36.4 Å². The zero-order chi connectivity index (χ0) is 20.4. The van der Waals surface area contributed by atoms with Gasteiger partial charge in [-0.25, -0.2) is 9.59 Å². The van der Waals surface area contributed by atoms with Crippen molar-refractivity contribution in [2.24, 2.45) is 0 Å². The molecular formula is C23H32O5. The lowest BCUT2D eigenvalue weighted by molar-refractivity contribution is -0.139. The number of rotatable bonds is 11. The molecule has 1 aliphatic carbocycles. The molecule has 0 unspecified atom stereocenters. The Balaban J connectivity index is 1.53. The lowest BCUT2D eigenvalue weighted by Gasteiger charge is -2.29. The van der Waals surface area contributed by atoms with Crippen molar-refractivity contribution in [1.29, 1.82) is 0 Å². The van der Waals surface area contributed by atoms with Crippen LogP contribution in [0.4, 0.5) is 0 Å². The molecule has 0 aliphatic heterocycles. The van der Waals surface area contributed by atoms with Crippen LogP contribution in [0.1, 0.15) is 80.1 Å². The van der Waals surface area contributed by atoms with Crippen molar-refractivity contribution >= 4 is 11.9 Å². The molecule has 154 valence electrons. The second-order valence-electron chi connectivity index (χ2n) is 7.60. The number of hydrogen-bond donors (Lipinski definition) is 1. The summed E-state index contributed by atoms with van der Waals surface area (Å²) in [6, 6.07) is 7.28. The zero-order valence-electron chi connectivity index (χ0n) is 16.8. The molecular weight excluding hydrogens is 356 g/mol. The number of carbonyl (C=O) groups excluding carboxylic acids is 1. The highest BCUT2D eigenvalue weighted by Gasteiger charge is 2.22. The fourth-order valence-electron chi connectivity index (χ4n) is 3.56. The predicted molar refractivity (Wildman–Crippen MR) is 109 cm³/mol. The summed E-state index contributed by atoms with van der Waals surface area (Å²) in [5.41, 5.74) is 2.02. The van der Waals surface area contributed by atoms with Crippen molar-refractivity contribution in [1.82, 2.24) is 0 Å². The van der Waals surface area contributed by atoms with Gasteiger partial charge in [0, 0.05) is 12.2 Å². The number of carboxylic acids is 1. The molecule has 0 bridgehead atoms. The summed E-state index contributed by atoms with van der Waals surface area (Å²) in [4.78, 5) is 22.2. The standard InChI is InChI=1S/C23H32O5/c1-17(2)23(26)28-16-6-4-3-5-15-27-21-13-11-19(12-14-21)18-7-9-20(10-8-18)22(24)25/h7-10,19,21H,1,3-6,11-16H2,2H3,(H,24,25). The van der Waals surface area contributed by atoms with E-state index in [9.17, 15) is 9.59 Å². The van der Waals surface area contributed by atoms with Crippen LogP contribution in [-0.2, 0) is 14.3 Å². The summed E-state index contributed by atoms with van der Waals surface area (Å²) in [6.45, 7) is 6.46. The van der Waals surface area contributed by atoms with Crippen LogP contribution in [0.25, 0.3) is 0 Å². The first-order valence-electron chi connectivity index (χ1n) is 10.2. The second-order valence-corrected chi connectivity index (χ2v) is 7.60. The Morgan fingerprint density at radius 1 is 1.00 bits per heavy atom. The first kappa shape index (κ1) is 22.2. The number of carboxylic acid groups (broad SMARTS) is 1. The van der Waals surface area contributed by atoms with Crippen LogP contribution in [0.15, 0.2) is 36.4 Å². The number of hydrogen-bond acceptors (Lipinski definition) is 4. The molecule has 1 aliphatic rings. The molecule has 0 amide bonds. The Kier molecular flexibility index (Phi) is 9.21. The number of aromatic carboxylic acids is 1. The lowest BCUT2D eigenvalue weighted by Crippen LogP contribution is -2.21. The molecule has 0 heterocycles. The highest BCUT2D eigenvalue weighted by Crippen LogP contribution is 2.34. The van der Waals surface area contributed by atoms with E-state index < -0.39 is 5.97 Å². The second kappa shape index (κ2) is 11.6. The van der Waals surface area contributed by atoms with E-state index in [0.717, 1.165) is 58.0 Å². The van der Waals surface area contributed by atoms with Gasteiger partial charge in [0.25, 0.3) is 0 Å². The van der Waals surface area contributed by atoms with Crippen molar-refractivity contribution in [2.75, 3.05) is 13.2 Å². The van der Waals surface area contributed by atoms with E-state index in [1.54, 1.807) is 19.1 Å². The number of carbonyl (C=O) groups is 2. The molecule has 0 spiro atoms. The predicted octanol–water partition coefficient (Wildman–Crippen LogP) is 5.11. The molecule has 1 aromatic rings. The zero-order valence-corrected chi connectivity index (χ0v) is 16.8. The monoisotopic (exact) mass is 388 g/mol. The average molecular weight is 389 g/mol. The number of ether oxygens (including phenoxy) is 2. The largest absolute Gasteiger partial charge is 0.478 e. The number of benzene rings is 1. The molecule has 1 aromatic carbocycles. The first-order chi connectivity index (χ1) is 13.5. The molecule has 0 saturated heterocycles. The molecule has 0 atom stereocenters.